The topological polar surface area (TPSA) is 95.9 Å². The number of nitrogens with zero attached hydrogens (tertiary/aromatic N) is 4. The molecule has 0 radical (unpaired) electrons. The summed E-state index contributed by atoms with van der Waals surface area (Å²) in [4.78, 5) is 23.0. The van der Waals surface area contributed by atoms with E-state index in [2.05, 4.69) is 11.1 Å². The van der Waals surface area contributed by atoms with Crippen molar-refractivity contribution in [3.8, 4) is 17.2 Å². The van der Waals surface area contributed by atoms with Gasteiger partial charge < -0.3 is 10.6 Å². The third kappa shape index (κ3) is 4.50. The Kier molecular flexibility index (Phi) is 6.25. The van der Waals surface area contributed by atoms with Crippen LogP contribution in [0.5, 0.6) is 0 Å². The minimum absolute atomic E-state index is 0.134. The van der Waals surface area contributed by atoms with E-state index in [9.17, 15) is 4.79 Å². The Morgan fingerprint density at radius 1 is 1.06 bits per heavy atom. The molecule has 164 valence electrons. The molecule has 6 nitrogen and oxygen atoms in total. The summed E-state index contributed by atoms with van der Waals surface area (Å²) in [6.45, 7) is 0. The van der Waals surface area contributed by atoms with Crippen molar-refractivity contribution < 1.29 is 4.79 Å². The highest BCUT2D eigenvalue weighted by Crippen LogP contribution is 2.34. The number of anilines is 1. The molecule has 4 aromatic rings. The molecule has 7 heteroatoms. The lowest BCUT2D eigenvalue weighted by Crippen LogP contribution is -2.16. The van der Waals surface area contributed by atoms with Crippen molar-refractivity contribution in [3.63, 3.8) is 0 Å². The molecule has 0 fully saturated rings. The molecule has 3 aromatic carbocycles. The SMILES string of the molecule is CN(C)c1nc(Cc2ccccc2-c2cc(C(N)=O)cc3ccccc23)nc(Cl)c1CC#N. The lowest BCUT2D eigenvalue weighted by atomic mass is 9.91. The van der Waals surface area contributed by atoms with Crippen molar-refractivity contribution in [1.82, 2.24) is 9.97 Å². The Bertz CT molecular complexity index is 1410. The molecule has 0 aliphatic rings. The monoisotopic (exact) mass is 455 g/mol. The normalized spacial score (nSPS) is 10.7. The molecule has 0 saturated carbocycles. The second kappa shape index (κ2) is 9.27. The highest BCUT2D eigenvalue weighted by Gasteiger charge is 2.17. The van der Waals surface area contributed by atoms with Crippen molar-refractivity contribution >= 4 is 34.1 Å². The van der Waals surface area contributed by atoms with E-state index < -0.39 is 5.91 Å². The summed E-state index contributed by atoms with van der Waals surface area (Å²) in [7, 11) is 3.72. The zero-order valence-electron chi connectivity index (χ0n) is 18.3. The summed E-state index contributed by atoms with van der Waals surface area (Å²) >= 11 is 6.43. The van der Waals surface area contributed by atoms with Crippen LogP contribution in [0.2, 0.25) is 5.15 Å². The van der Waals surface area contributed by atoms with E-state index in [-0.39, 0.29) is 11.6 Å². The second-order valence-corrected chi connectivity index (χ2v) is 8.26. The van der Waals surface area contributed by atoms with E-state index in [1.54, 1.807) is 0 Å². The van der Waals surface area contributed by atoms with Gasteiger partial charge in [-0.05, 0) is 39.6 Å². The molecular formula is C26H22ClN5O. The van der Waals surface area contributed by atoms with Crippen molar-refractivity contribution in [2.75, 3.05) is 19.0 Å². The number of aromatic nitrogens is 2. The van der Waals surface area contributed by atoms with E-state index in [1.807, 2.05) is 79.7 Å². The maximum Gasteiger partial charge on any atom is 0.248 e. The van der Waals surface area contributed by atoms with Crippen LogP contribution in [-0.2, 0) is 12.8 Å². The Morgan fingerprint density at radius 2 is 1.79 bits per heavy atom. The largest absolute Gasteiger partial charge is 0.366 e. The molecule has 0 saturated heterocycles. The van der Waals surface area contributed by atoms with Gasteiger partial charge in [0.25, 0.3) is 0 Å². The van der Waals surface area contributed by atoms with Crippen LogP contribution in [0.25, 0.3) is 21.9 Å². The minimum Gasteiger partial charge on any atom is -0.366 e. The highest BCUT2D eigenvalue weighted by molar-refractivity contribution is 6.30. The Labute approximate surface area is 197 Å². The quantitative estimate of drug-likeness (QED) is 0.422. The molecule has 33 heavy (non-hydrogen) atoms. The Balaban J connectivity index is 1.86. The first-order chi connectivity index (χ1) is 15.9. The number of amides is 1. The average Bonchev–Trinajstić information content (AvgIpc) is 2.80. The number of fused-ring (bicyclic) bond motifs is 1. The molecule has 2 N–H and O–H groups in total. The zero-order valence-corrected chi connectivity index (χ0v) is 19.1. The van der Waals surface area contributed by atoms with Crippen LogP contribution in [0, 0.1) is 11.3 Å². The van der Waals surface area contributed by atoms with Gasteiger partial charge in [-0.1, -0.05) is 60.1 Å². The average molecular weight is 456 g/mol. The third-order valence-electron chi connectivity index (χ3n) is 5.46. The lowest BCUT2D eigenvalue weighted by Gasteiger charge is -2.18. The number of carbonyl (C=O) groups is 1. The van der Waals surface area contributed by atoms with Crippen molar-refractivity contribution in [3.05, 3.63) is 88.3 Å². The van der Waals surface area contributed by atoms with Crippen LogP contribution in [0.1, 0.15) is 27.3 Å². The molecule has 4 rings (SSSR count). The maximum absolute atomic E-state index is 12.0. The predicted molar refractivity (Wildman–Crippen MR) is 131 cm³/mol. The van der Waals surface area contributed by atoms with E-state index in [1.165, 1.54) is 0 Å². The highest BCUT2D eigenvalue weighted by atomic mass is 35.5. The van der Waals surface area contributed by atoms with Crippen molar-refractivity contribution in [2.24, 2.45) is 5.73 Å². The Hall–Kier alpha value is -3.95. The third-order valence-corrected chi connectivity index (χ3v) is 5.78. The van der Waals surface area contributed by atoms with E-state index in [4.69, 9.17) is 27.6 Å². The Morgan fingerprint density at radius 3 is 2.52 bits per heavy atom. The van der Waals surface area contributed by atoms with Gasteiger partial charge in [0.1, 0.15) is 16.8 Å². The molecule has 0 spiro atoms. The van der Waals surface area contributed by atoms with Gasteiger partial charge >= 0.3 is 0 Å². The number of primary amides is 1. The first-order valence-electron chi connectivity index (χ1n) is 10.4. The minimum atomic E-state index is -0.474. The summed E-state index contributed by atoms with van der Waals surface area (Å²) in [5.74, 6) is 0.705. The first kappa shape index (κ1) is 22.3. The molecule has 0 aliphatic heterocycles. The number of hydrogen-bond acceptors (Lipinski definition) is 5. The number of halogens is 1. The second-order valence-electron chi connectivity index (χ2n) is 7.91. The van der Waals surface area contributed by atoms with Gasteiger partial charge in [-0.3, -0.25) is 4.79 Å². The fourth-order valence-electron chi connectivity index (χ4n) is 3.95. The van der Waals surface area contributed by atoms with Gasteiger partial charge in [0.15, 0.2) is 0 Å². The van der Waals surface area contributed by atoms with Crippen LogP contribution < -0.4 is 10.6 Å². The molecule has 1 amide bonds. The van der Waals surface area contributed by atoms with Crippen molar-refractivity contribution in [1.29, 1.82) is 5.26 Å². The van der Waals surface area contributed by atoms with Crippen LogP contribution in [0.4, 0.5) is 5.82 Å². The fourth-order valence-corrected chi connectivity index (χ4v) is 4.20. The molecule has 0 unspecified atom stereocenters. The number of nitriles is 1. The molecule has 0 atom stereocenters. The number of rotatable bonds is 6. The van der Waals surface area contributed by atoms with Gasteiger partial charge in [0, 0.05) is 31.6 Å². The number of benzene rings is 3. The summed E-state index contributed by atoms with van der Waals surface area (Å²) in [6, 6.07) is 21.6. The summed E-state index contributed by atoms with van der Waals surface area (Å²) in [5, 5.41) is 11.4. The molecule has 0 aliphatic carbocycles. The first-order valence-corrected chi connectivity index (χ1v) is 10.8. The number of carbonyl (C=O) groups excluding carboxylic acids is 1. The lowest BCUT2D eigenvalue weighted by molar-refractivity contribution is 0.100. The predicted octanol–water partition coefficient (Wildman–Crippen LogP) is 4.77. The van der Waals surface area contributed by atoms with E-state index >= 15 is 0 Å². The standard InChI is InChI=1S/C26H22ClN5O/c1-32(2)26-21(11-12-28)24(27)30-23(31-26)15-17-8-4-6-10-20(17)22-14-18(25(29)33)13-16-7-3-5-9-19(16)22/h3-10,13-14H,11,15H2,1-2H3,(H2,29,33). The van der Waals surface area contributed by atoms with Gasteiger partial charge in [0.05, 0.1) is 12.5 Å². The molecule has 1 heterocycles. The van der Waals surface area contributed by atoms with Crippen LogP contribution >= 0.6 is 11.6 Å². The van der Waals surface area contributed by atoms with E-state index in [0.29, 0.717) is 29.2 Å². The maximum atomic E-state index is 12.0. The fraction of sp³-hybridized carbons (Fsp3) is 0.154. The zero-order chi connectivity index (χ0) is 23.5. The van der Waals surface area contributed by atoms with Gasteiger partial charge in [0.2, 0.25) is 5.91 Å². The van der Waals surface area contributed by atoms with Crippen LogP contribution in [0.15, 0.2) is 60.7 Å². The summed E-state index contributed by atoms with van der Waals surface area (Å²) in [6.07, 6.45) is 0.563. The summed E-state index contributed by atoms with van der Waals surface area (Å²) < 4.78 is 0. The number of nitrogens with two attached hydrogens (primary N) is 1. The van der Waals surface area contributed by atoms with Crippen molar-refractivity contribution in [2.45, 2.75) is 12.8 Å². The smallest absolute Gasteiger partial charge is 0.248 e. The van der Waals surface area contributed by atoms with Gasteiger partial charge in [-0.2, -0.15) is 5.26 Å². The number of hydrogen-bond donors (Lipinski definition) is 1. The van der Waals surface area contributed by atoms with Gasteiger partial charge in [-0.25, -0.2) is 9.97 Å². The summed E-state index contributed by atoms with van der Waals surface area (Å²) in [5.41, 5.74) is 9.54. The van der Waals surface area contributed by atoms with Crippen LogP contribution in [-0.4, -0.2) is 30.0 Å². The molecular weight excluding hydrogens is 434 g/mol. The molecule has 0 bridgehead atoms. The van der Waals surface area contributed by atoms with Crippen LogP contribution in [0.3, 0.4) is 0 Å². The molecule has 1 aromatic heterocycles. The van der Waals surface area contributed by atoms with E-state index in [0.717, 1.165) is 27.5 Å². The van der Waals surface area contributed by atoms with Gasteiger partial charge in [-0.15, -0.1) is 0 Å².